The fraction of sp³-hybridized carbons (Fsp3) is 0.743. The van der Waals surface area contributed by atoms with Crippen LogP contribution in [0.1, 0.15) is 178 Å². The summed E-state index contributed by atoms with van der Waals surface area (Å²) >= 11 is 0. The van der Waals surface area contributed by atoms with Gasteiger partial charge < -0.3 is 15.7 Å². The topological polar surface area (TPSA) is 95.5 Å². The molecule has 1 aromatic rings. The monoisotopic (exact) mass is 572 g/mol. The molecule has 234 valence electrons. The zero-order chi connectivity index (χ0) is 30.0. The summed E-state index contributed by atoms with van der Waals surface area (Å²) in [5.74, 6) is -1.49. The Hall–Kier alpha value is -2.37. The Kier molecular flexibility index (Phi) is 22.7. The van der Waals surface area contributed by atoms with Crippen LogP contribution in [0, 0.1) is 0 Å². The van der Waals surface area contributed by atoms with Crippen LogP contribution in [0.5, 0.6) is 0 Å². The number of amides is 2. The number of anilines is 2. The van der Waals surface area contributed by atoms with Crippen LogP contribution < -0.4 is 10.6 Å². The molecule has 0 atom stereocenters. The quantitative estimate of drug-likeness (QED) is 0.0914. The highest BCUT2D eigenvalue weighted by molar-refractivity contribution is 6.07. The summed E-state index contributed by atoms with van der Waals surface area (Å²) in [6.07, 6.45) is 27.4. The minimum Gasteiger partial charge on any atom is -0.478 e. The highest BCUT2D eigenvalue weighted by atomic mass is 16.4. The molecule has 0 aliphatic heterocycles. The van der Waals surface area contributed by atoms with Gasteiger partial charge in [0.15, 0.2) is 0 Å². The number of unbranched alkanes of at least 4 members (excludes halogenated alkanes) is 20. The molecule has 1 aromatic carbocycles. The smallest absolute Gasteiger partial charge is 0.337 e. The predicted molar refractivity (Wildman–Crippen MR) is 173 cm³/mol. The number of carboxylic acid groups (broad SMARTS) is 1. The largest absolute Gasteiger partial charge is 0.478 e. The number of hydrogen-bond donors (Lipinski definition) is 3. The van der Waals surface area contributed by atoms with Crippen LogP contribution in [-0.2, 0) is 9.59 Å². The third-order valence-electron chi connectivity index (χ3n) is 7.85. The fourth-order valence-electron chi connectivity index (χ4n) is 5.28. The van der Waals surface area contributed by atoms with Gasteiger partial charge in [-0.15, -0.1) is 0 Å². The number of carbonyl (C=O) groups is 3. The number of rotatable bonds is 27. The number of nitrogens with one attached hydrogen (secondary N) is 2. The van der Waals surface area contributed by atoms with Gasteiger partial charge in [-0.1, -0.05) is 148 Å². The van der Waals surface area contributed by atoms with Crippen LogP contribution in [0.3, 0.4) is 0 Å². The summed E-state index contributed by atoms with van der Waals surface area (Å²) in [5, 5.41) is 15.3. The lowest BCUT2D eigenvalue weighted by Crippen LogP contribution is -2.18. The van der Waals surface area contributed by atoms with Crippen molar-refractivity contribution in [1.82, 2.24) is 0 Å². The maximum Gasteiger partial charge on any atom is 0.337 e. The lowest BCUT2D eigenvalue weighted by molar-refractivity contribution is -0.117. The molecule has 0 saturated carbocycles. The summed E-state index contributed by atoms with van der Waals surface area (Å²) in [6.45, 7) is 4.48. The number of aromatic carboxylic acids is 1. The van der Waals surface area contributed by atoms with Gasteiger partial charge in [0.25, 0.3) is 0 Å². The van der Waals surface area contributed by atoms with Gasteiger partial charge in [-0.25, -0.2) is 4.79 Å². The van der Waals surface area contributed by atoms with Gasteiger partial charge in [0.1, 0.15) is 0 Å². The van der Waals surface area contributed by atoms with Gasteiger partial charge >= 0.3 is 5.97 Å². The Morgan fingerprint density at radius 3 is 1.29 bits per heavy atom. The average molecular weight is 573 g/mol. The number of benzene rings is 1. The second-order valence-corrected chi connectivity index (χ2v) is 11.7. The van der Waals surface area contributed by atoms with E-state index in [1.54, 1.807) is 12.1 Å². The molecule has 0 radical (unpaired) electrons. The molecule has 0 fully saturated rings. The first-order valence-electron chi connectivity index (χ1n) is 17.0. The maximum absolute atomic E-state index is 12.7. The zero-order valence-corrected chi connectivity index (χ0v) is 26.4. The van der Waals surface area contributed by atoms with E-state index in [1.165, 1.54) is 109 Å². The van der Waals surface area contributed by atoms with E-state index < -0.39 is 5.97 Å². The molecule has 1 rings (SSSR count). The second kappa shape index (κ2) is 25.3. The number of carboxylic acids is 1. The summed E-state index contributed by atoms with van der Waals surface area (Å²) in [6, 6.07) is 4.71. The highest BCUT2D eigenvalue weighted by Gasteiger charge is 2.18. The van der Waals surface area contributed by atoms with E-state index in [1.807, 2.05) is 0 Å². The van der Waals surface area contributed by atoms with Crippen LogP contribution in [0.4, 0.5) is 11.4 Å². The van der Waals surface area contributed by atoms with E-state index in [9.17, 15) is 19.5 Å². The summed E-state index contributed by atoms with van der Waals surface area (Å²) in [4.78, 5) is 37.1. The minimum absolute atomic E-state index is 0.00946. The minimum atomic E-state index is -1.13. The molecule has 0 aromatic heterocycles. The van der Waals surface area contributed by atoms with Gasteiger partial charge in [-0.2, -0.15) is 0 Å². The molecule has 3 N–H and O–H groups in total. The molecule has 6 heteroatoms. The van der Waals surface area contributed by atoms with Crippen molar-refractivity contribution in [2.75, 3.05) is 10.6 Å². The Morgan fingerprint density at radius 1 is 0.537 bits per heavy atom. The van der Waals surface area contributed by atoms with E-state index in [2.05, 4.69) is 24.5 Å². The molecule has 2 amide bonds. The van der Waals surface area contributed by atoms with Crippen molar-refractivity contribution in [1.29, 1.82) is 0 Å². The molecule has 0 heterocycles. The van der Waals surface area contributed by atoms with E-state index in [-0.39, 0.29) is 23.1 Å². The van der Waals surface area contributed by atoms with Crippen LogP contribution in [0.25, 0.3) is 0 Å². The van der Waals surface area contributed by atoms with Crippen molar-refractivity contribution < 1.29 is 19.5 Å². The van der Waals surface area contributed by atoms with Crippen molar-refractivity contribution in [3.8, 4) is 0 Å². The Morgan fingerprint density at radius 2 is 0.902 bits per heavy atom. The lowest BCUT2D eigenvalue weighted by atomic mass is 10.0. The van der Waals surface area contributed by atoms with Crippen LogP contribution >= 0.6 is 0 Å². The van der Waals surface area contributed by atoms with Crippen molar-refractivity contribution in [3.63, 3.8) is 0 Å². The molecule has 0 bridgehead atoms. The zero-order valence-electron chi connectivity index (χ0n) is 26.4. The maximum atomic E-state index is 12.7. The van der Waals surface area contributed by atoms with E-state index in [0.717, 1.165) is 38.5 Å². The average Bonchev–Trinajstić information content (AvgIpc) is 2.95. The van der Waals surface area contributed by atoms with Gasteiger partial charge in [0.2, 0.25) is 11.8 Å². The predicted octanol–water partition coefficient (Wildman–Crippen LogP) is 10.7. The molecular formula is C35H60N2O4. The lowest BCUT2D eigenvalue weighted by Gasteiger charge is -2.15. The number of para-hydroxylation sites is 1. The standard InChI is InChI=1S/C35H60N2O4/c1-3-5-7-9-11-13-15-17-19-21-23-28-32(38)36-31-27-25-26-30(35(40)41)34(31)37-33(39)29-24-22-20-18-16-14-12-10-8-6-4-2/h25-27H,3-24,28-29H2,1-2H3,(H,36,38)(H,37,39)(H,40,41). The number of carbonyl (C=O) groups excluding carboxylic acids is 2. The van der Waals surface area contributed by atoms with E-state index in [4.69, 9.17) is 0 Å². The van der Waals surface area contributed by atoms with Gasteiger partial charge in [0, 0.05) is 12.8 Å². The van der Waals surface area contributed by atoms with Crippen molar-refractivity contribution >= 4 is 29.2 Å². The van der Waals surface area contributed by atoms with Gasteiger partial charge in [-0.05, 0) is 25.0 Å². The molecule has 0 unspecified atom stereocenters. The second-order valence-electron chi connectivity index (χ2n) is 11.7. The summed E-state index contributed by atoms with van der Waals surface area (Å²) in [5.41, 5.74) is 0.524. The molecular weight excluding hydrogens is 512 g/mol. The highest BCUT2D eigenvalue weighted by Crippen LogP contribution is 2.27. The van der Waals surface area contributed by atoms with Crippen molar-refractivity contribution in [2.24, 2.45) is 0 Å². The third-order valence-corrected chi connectivity index (χ3v) is 7.85. The van der Waals surface area contributed by atoms with Crippen LogP contribution in [0.2, 0.25) is 0 Å². The molecule has 6 nitrogen and oxygen atoms in total. The van der Waals surface area contributed by atoms with E-state index >= 15 is 0 Å². The van der Waals surface area contributed by atoms with Crippen molar-refractivity contribution in [2.45, 2.75) is 168 Å². The SMILES string of the molecule is CCCCCCCCCCCCCC(=O)Nc1cccc(C(=O)O)c1NC(=O)CCCCCCCCCCCCC. The first kappa shape index (κ1) is 36.7. The van der Waals surface area contributed by atoms with Gasteiger partial charge in [0.05, 0.1) is 16.9 Å². The van der Waals surface area contributed by atoms with E-state index in [0.29, 0.717) is 18.5 Å². The van der Waals surface area contributed by atoms with Crippen LogP contribution in [-0.4, -0.2) is 22.9 Å². The van der Waals surface area contributed by atoms with Crippen molar-refractivity contribution in [3.05, 3.63) is 23.8 Å². The normalized spacial score (nSPS) is 11.0. The Bertz CT molecular complexity index is 839. The molecule has 0 aliphatic carbocycles. The molecule has 0 aliphatic rings. The number of hydrogen-bond acceptors (Lipinski definition) is 3. The first-order valence-corrected chi connectivity index (χ1v) is 17.0. The summed E-state index contributed by atoms with van der Waals surface area (Å²) in [7, 11) is 0. The van der Waals surface area contributed by atoms with Crippen LogP contribution in [0.15, 0.2) is 18.2 Å². The summed E-state index contributed by atoms with van der Waals surface area (Å²) < 4.78 is 0. The molecule has 0 saturated heterocycles. The fourth-order valence-corrected chi connectivity index (χ4v) is 5.28. The Labute approximate surface area is 250 Å². The van der Waals surface area contributed by atoms with Gasteiger partial charge in [-0.3, -0.25) is 9.59 Å². The molecule has 41 heavy (non-hydrogen) atoms. The Balaban J connectivity index is 2.33. The molecule has 0 spiro atoms. The third kappa shape index (κ3) is 19.4. The first-order chi connectivity index (χ1) is 20.0.